The van der Waals surface area contributed by atoms with E-state index in [4.69, 9.17) is 0 Å². The minimum atomic E-state index is -0.546. The molecule has 2 amide bonds. The highest BCUT2D eigenvalue weighted by Gasteiger charge is 2.25. The minimum absolute atomic E-state index is 0.138. The summed E-state index contributed by atoms with van der Waals surface area (Å²) in [5.74, 6) is 0.199. The summed E-state index contributed by atoms with van der Waals surface area (Å²) in [4.78, 5) is 22.5. The van der Waals surface area contributed by atoms with Gasteiger partial charge in [0.25, 0.3) is 0 Å². The fourth-order valence-electron chi connectivity index (χ4n) is 3.57. The predicted octanol–water partition coefficient (Wildman–Crippen LogP) is 1.71. The van der Waals surface area contributed by atoms with Gasteiger partial charge < -0.3 is 15.1 Å². The van der Waals surface area contributed by atoms with Crippen LogP contribution in [0.25, 0.3) is 0 Å². The van der Waals surface area contributed by atoms with Crippen molar-refractivity contribution in [1.82, 2.24) is 19.7 Å². The molecule has 2 fully saturated rings. The highest BCUT2D eigenvalue weighted by atomic mass is 19.1. The first-order valence-corrected chi connectivity index (χ1v) is 8.68. The standard InChI is InChI=1S/C17H26FN5O/c1-21-6-2-3-14(12-21)13-22-7-9-23(10-8-22)17(24)20-15-4-5-16(18)19-11-15/h4-5,11,14H,2-3,6-10,12-13H2,1H3,(H,20,24)/t14-/m1/s1. The Morgan fingerprint density at radius 1 is 1.29 bits per heavy atom. The lowest BCUT2D eigenvalue weighted by Gasteiger charge is -2.38. The monoisotopic (exact) mass is 335 g/mol. The topological polar surface area (TPSA) is 51.7 Å². The number of carbonyl (C=O) groups excluding carboxylic acids is 1. The van der Waals surface area contributed by atoms with Crippen molar-refractivity contribution in [3.8, 4) is 0 Å². The summed E-state index contributed by atoms with van der Waals surface area (Å²) in [6, 6.07) is 2.63. The molecular weight excluding hydrogens is 309 g/mol. The molecule has 132 valence electrons. The van der Waals surface area contributed by atoms with E-state index in [0.717, 1.165) is 38.6 Å². The Labute approximate surface area is 142 Å². The van der Waals surface area contributed by atoms with Gasteiger partial charge >= 0.3 is 6.03 Å². The Kier molecular flexibility index (Phi) is 5.63. The molecule has 3 rings (SSSR count). The second-order valence-electron chi connectivity index (χ2n) is 6.86. The minimum Gasteiger partial charge on any atom is -0.322 e. The molecule has 0 saturated carbocycles. The molecule has 0 aliphatic carbocycles. The van der Waals surface area contributed by atoms with E-state index in [1.54, 1.807) is 0 Å². The molecule has 0 radical (unpaired) electrons. The van der Waals surface area contributed by atoms with Gasteiger partial charge in [-0.15, -0.1) is 0 Å². The van der Waals surface area contributed by atoms with Crippen LogP contribution in [0.15, 0.2) is 18.3 Å². The predicted molar refractivity (Wildman–Crippen MR) is 91.4 cm³/mol. The summed E-state index contributed by atoms with van der Waals surface area (Å²) in [5.41, 5.74) is 0.522. The fourth-order valence-corrected chi connectivity index (χ4v) is 3.57. The summed E-state index contributed by atoms with van der Waals surface area (Å²) in [6.07, 6.45) is 3.93. The number of piperazine rings is 1. The Bertz CT molecular complexity index is 544. The number of halogens is 1. The summed E-state index contributed by atoms with van der Waals surface area (Å²) >= 11 is 0. The molecule has 1 aromatic heterocycles. The van der Waals surface area contributed by atoms with Crippen LogP contribution in [0.5, 0.6) is 0 Å². The van der Waals surface area contributed by atoms with Crippen LogP contribution in [0, 0.1) is 11.9 Å². The Hall–Kier alpha value is -1.73. The molecule has 1 atom stereocenters. The molecule has 2 aliphatic rings. The van der Waals surface area contributed by atoms with Crippen LogP contribution in [-0.2, 0) is 0 Å². The number of hydrogen-bond acceptors (Lipinski definition) is 4. The number of urea groups is 1. The van der Waals surface area contributed by atoms with Crippen molar-refractivity contribution >= 4 is 11.7 Å². The van der Waals surface area contributed by atoms with Crippen LogP contribution >= 0.6 is 0 Å². The molecule has 0 aromatic carbocycles. The second-order valence-corrected chi connectivity index (χ2v) is 6.86. The van der Waals surface area contributed by atoms with Gasteiger partial charge in [-0.3, -0.25) is 4.90 Å². The maximum Gasteiger partial charge on any atom is 0.321 e. The van der Waals surface area contributed by atoms with E-state index in [1.807, 2.05) is 4.90 Å². The molecule has 1 aromatic rings. The summed E-state index contributed by atoms with van der Waals surface area (Å²) < 4.78 is 12.8. The number of anilines is 1. The third kappa shape index (κ3) is 4.64. The SMILES string of the molecule is CN1CCC[C@@H](CN2CCN(C(=O)Nc3ccc(F)nc3)CC2)C1. The molecule has 0 spiro atoms. The van der Waals surface area contributed by atoms with E-state index in [0.29, 0.717) is 5.69 Å². The average Bonchev–Trinajstić information content (AvgIpc) is 2.57. The average molecular weight is 335 g/mol. The first-order chi connectivity index (χ1) is 11.6. The fraction of sp³-hybridized carbons (Fsp3) is 0.647. The molecule has 2 saturated heterocycles. The first kappa shape index (κ1) is 17.1. The number of carbonyl (C=O) groups is 1. The number of likely N-dealkylation sites (tertiary alicyclic amines) is 1. The molecular formula is C17H26FN5O. The number of pyridine rings is 1. The number of piperidine rings is 1. The van der Waals surface area contributed by atoms with Gasteiger partial charge in [-0.2, -0.15) is 4.39 Å². The zero-order chi connectivity index (χ0) is 16.9. The molecule has 2 aliphatic heterocycles. The number of rotatable bonds is 3. The van der Waals surface area contributed by atoms with E-state index < -0.39 is 5.95 Å². The van der Waals surface area contributed by atoms with Gasteiger partial charge in [-0.05, 0) is 44.5 Å². The number of amides is 2. The first-order valence-electron chi connectivity index (χ1n) is 8.68. The van der Waals surface area contributed by atoms with Crippen molar-refractivity contribution in [3.63, 3.8) is 0 Å². The van der Waals surface area contributed by atoms with Crippen LogP contribution in [0.1, 0.15) is 12.8 Å². The number of nitrogens with one attached hydrogen (secondary N) is 1. The molecule has 6 nitrogen and oxygen atoms in total. The molecule has 7 heteroatoms. The van der Waals surface area contributed by atoms with Gasteiger partial charge in [-0.1, -0.05) is 0 Å². The van der Waals surface area contributed by atoms with Crippen LogP contribution in [0.2, 0.25) is 0 Å². The lowest BCUT2D eigenvalue weighted by atomic mass is 9.97. The lowest BCUT2D eigenvalue weighted by molar-refractivity contribution is 0.109. The van der Waals surface area contributed by atoms with Crippen molar-refractivity contribution in [3.05, 3.63) is 24.3 Å². The highest BCUT2D eigenvalue weighted by molar-refractivity contribution is 5.89. The van der Waals surface area contributed by atoms with Gasteiger partial charge in [0, 0.05) is 39.3 Å². The molecule has 0 unspecified atom stereocenters. The van der Waals surface area contributed by atoms with E-state index >= 15 is 0 Å². The third-order valence-corrected chi connectivity index (χ3v) is 4.88. The van der Waals surface area contributed by atoms with Gasteiger partial charge in [0.1, 0.15) is 0 Å². The third-order valence-electron chi connectivity index (χ3n) is 4.88. The van der Waals surface area contributed by atoms with E-state index in [9.17, 15) is 9.18 Å². The molecule has 3 heterocycles. The zero-order valence-electron chi connectivity index (χ0n) is 14.2. The highest BCUT2D eigenvalue weighted by Crippen LogP contribution is 2.17. The Morgan fingerprint density at radius 3 is 2.75 bits per heavy atom. The van der Waals surface area contributed by atoms with Crippen LogP contribution in [-0.4, -0.2) is 78.6 Å². The van der Waals surface area contributed by atoms with E-state index in [1.165, 1.54) is 44.3 Å². The van der Waals surface area contributed by atoms with Gasteiger partial charge in [0.2, 0.25) is 5.95 Å². The second kappa shape index (κ2) is 7.90. The van der Waals surface area contributed by atoms with Gasteiger partial charge in [0.05, 0.1) is 11.9 Å². The van der Waals surface area contributed by atoms with Crippen molar-refractivity contribution in [1.29, 1.82) is 0 Å². The van der Waals surface area contributed by atoms with Crippen LogP contribution in [0.3, 0.4) is 0 Å². The molecule has 0 bridgehead atoms. The maximum atomic E-state index is 12.8. The lowest BCUT2D eigenvalue weighted by Crippen LogP contribution is -2.51. The largest absolute Gasteiger partial charge is 0.322 e. The van der Waals surface area contributed by atoms with Crippen molar-refractivity contribution in [2.45, 2.75) is 12.8 Å². The van der Waals surface area contributed by atoms with Crippen LogP contribution < -0.4 is 5.32 Å². The number of hydrogen-bond donors (Lipinski definition) is 1. The molecule has 1 N–H and O–H groups in total. The van der Waals surface area contributed by atoms with Crippen LogP contribution in [0.4, 0.5) is 14.9 Å². The number of nitrogens with zero attached hydrogens (tertiary/aromatic N) is 4. The molecule has 24 heavy (non-hydrogen) atoms. The summed E-state index contributed by atoms with van der Waals surface area (Å²) in [7, 11) is 2.19. The van der Waals surface area contributed by atoms with Crippen molar-refractivity contribution in [2.24, 2.45) is 5.92 Å². The van der Waals surface area contributed by atoms with Gasteiger partial charge in [0.15, 0.2) is 0 Å². The normalized spacial score (nSPS) is 23.2. The zero-order valence-corrected chi connectivity index (χ0v) is 14.2. The smallest absolute Gasteiger partial charge is 0.321 e. The number of aromatic nitrogens is 1. The summed E-state index contributed by atoms with van der Waals surface area (Å²) in [6.45, 7) is 6.79. The maximum absolute atomic E-state index is 12.8. The Balaban J connectivity index is 1.42. The summed E-state index contributed by atoms with van der Waals surface area (Å²) in [5, 5.41) is 2.77. The van der Waals surface area contributed by atoms with E-state index in [-0.39, 0.29) is 6.03 Å². The van der Waals surface area contributed by atoms with Crippen molar-refractivity contribution in [2.75, 3.05) is 58.2 Å². The quantitative estimate of drug-likeness (QED) is 0.855. The van der Waals surface area contributed by atoms with E-state index in [2.05, 4.69) is 27.1 Å². The Morgan fingerprint density at radius 2 is 2.08 bits per heavy atom. The van der Waals surface area contributed by atoms with Crippen molar-refractivity contribution < 1.29 is 9.18 Å². The van der Waals surface area contributed by atoms with Gasteiger partial charge in [-0.25, -0.2) is 9.78 Å².